The summed E-state index contributed by atoms with van der Waals surface area (Å²) in [6, 6.07) is 12.2. The van der Waals surface area contributed by atoms with Crippen molar-refractivity contribution in [1.82, 2.24) is 14.9 Å². The van der Waals surface area contributed by atoms with Crippen molar-refractivity contribution < 1.29 is 21.6 Å². The molecular formula is C20H19ClFN4OS2-. The summed E-state index contributed by atoms with van der Waals surface area (Å²) in [6.45, 7) is 1.37. The quantitative estimate of drug-likeness (QED) is 0.449. The van der Waals surface area contributed by atoms with Crippen LogP contribution in [0.15, 0.2) is 42.5 Å². The zero-order valence-corrected chi connectivity index (χ0v) is 18.3. The highest BCUT2D eigenvalue weighted by atomic mass is 35.5. The van der Waals surface area contributed by atoms with Crippen LogP contribution >= 0.6 is 22.7 Å². The van der Waals surface area contributed by atoms with Gasteiger partial charge in [0.15, 0.2) is 10.1 Å². The predicted octanol–water partition coefficient (Wildman–Crippen LogP) is 1.65. The van der Waals surface area contributed by atoms with E-state index in [1.54, 1.807) is 11.0 Å². The van der Waals surface area contributed by atoms with E-state index in [2.05, 4.69) is 14.9 Å². The van der Waals surface area contributed by atoms with Crippen molar-refractivity contribution in [3.8, 4) is 0 Å². The number of thiazole rings is 2. The first kappa shape index (κ1) is 21.6. The third-order valence-electron chi connectivity index (χ3n) is 4.28. The van der Waals surface area contributed by atoms with Crippen LogP contribution in [-0.2, 0) is 0 Å². The number of hydrogen-bond acceptors (Lipinski definition) is 6. The fourth-order valence-corrected chi connectivity index (χ4v) is 4.84. The summed E-state index contributed by atoms with van der Waals surface area (Å²) in [7, 11) is 4.00. The third kappa shape index (κ3) is 4.72. The Morgan fingerprint density at radius 1 is 1.00 bits per heavy atom. The molecule has 2 heterocycles. The lowest BCUT2D eigenvalue weighted by molar-refractivity contribution is -0.0000138. The zero-order valence-electron chi connectivity index (χ0n) is 15.9. The number of nitrogens with zero attached hydrogens (tertiary/aromatic N) is 4. The Morgan fingerprint density at radius 3 is 2.52 bits per heavy atom. The van der Waals surface area contributed by atoms with E-state index in [9.17, 15) is 9.18 Å². The summed E-state index contributed by atoms with van der Waals surface area (Å²) < 4.78 is 15.3. The van der Waals surface area contributed by atoms with Gasteiger partial charge in [-0.05, 0) is 57.4 Å². The standard InChI is InChI=1S/C20H19FN4OS2.ClH/c1-24(2)10-5-11-25(20-23-15-9-8-13(21)12-17(15)28-20)19(26)18-22-14-6-3-4-7-16(14)27-18;/h3-4,6-9,12H,5,10-11H2,1-2H3;1H/p-1. The molecular weight excluding hydrogens is 431 g/mol. The Bertz CT molecular complexity index is 1110. The fraction of sp³-hybridized carbons (Fsp3) is 0.250. The molecule has 9 heteroatoms. The maximum Gasteiger partial charge on any atom is 0.289 e. The van der Waals surface area contributed by atoms with Gasteiger partial charge in [0.05, 0.1) is 20.4 Å². The van der Waals surface area contributed by atoms with Gasteiger partial charge in [-0.15, -0.1) is 11.3 Å². The molecule has 5 nitrogen and oxygen atoms in total. The highest BCUT2D eigenvalue weighted by Gasteiger charge is 2.24. The van der Waals surface area contributed by atoms with Gasteiger partial charge in [0, 0.05) is 6.54 Å². The molecule has 152 valence electrons. The topological polar surface area (TPSA) is 49.3 Å². The van der Waals surface area contributed by atoms with Crippen molar-refractivity contribution in [2.75, 3.05) is 32.1 Å². The van der Waals surface area contributed by atoms with Gasteiger partial charge in [-0.2, -0.15) is 0 Å². The molecule has 0 atom stereocenters. The normalized spacial score (nSPS) is 11.2. The van der Waals surface area contributed by atoms with E-state index in [1.165, 1.54) is 34.8 Å². The van der Waals surface area contributed by atoms with Crippen LogP contribution in [0.3, 0.4) is 0 Å². The van der Waals surface area contributed by atoms with Crippen molar-refractivity contribution in [2.24, 2.45) is 0 Å². The average molecular weight is 450 g/mol. The molecule has 0 fully saturated rings. The number of benzene rings is 2. The number of rotatable bonds is 6. The first-order valence-corrected chi connectivity index (χ1v) is 10.5. The van der Waals surface area contributed by atoms with Crippen molar-refractivity contribution in [2.45, 2.75) is 6.42 Å². The molecule has 2 aromatic heterocycles. The zero-order chi connectivity index (χ0) is 19.7. The van der Waals surface area contributed by atoms with E-state index in [4.69, 9.17) is 0 Å². The molecule has 0 saturated heterocycles. The predicted molar refractivity (Wildman–Crippen MR) is 114 cm³/mol. The minimum Gasteiger partial charge on any atom is -1.00 e. The number of carbonyl (C=O) groups is 1. The maximum absolute atomic E-state index is 13.6. The molecule has 0 aliphatic rings. The second-order valence-corrected chi connectivity index (χ2v) is 8.75. The Hall–Kier alpha value is -2.13. The van der Waals surface area contributed by atoms with E-state index in [0.717, 1.165) is 27.9 Å². The van der Waals surface area contributed by atoms with E-state index in [-0.39, 0.29) is 24.1 Å². The summed E-state index contributed by atoms with van der Waals surface area (Å²) >= 11 is 2.71. The van der Waals surface area contributed by atoms with E-state index < -0.39 is 0 Å². The second-order valence-electron chi connectivity index (χ2n) is 6.71. The van der Waals surface area contributed by atoms with Gasteiger partial charge in [0.2, 0.25) is 0 Å². The van der Waals surface area contributed by atoms with Crippen LogP contribution in [0.2, 0.25) is 0 Å². The van der Waals surface area contributed by atoms with Crippen molar-refractivity contribution in [1.29, 1.82) is 0 Å². The lowest BCUT2D eigenvalue weighted by Gasteiger charge is -2.19. The van der Waals surface area contributed by atoms with Crippen molar-refractivity contribution in [3.05, 3.63) is 53.3 Å². The molecule has 0 aliphatic carbocycles. The van der Waals surface area contributed by atoms with Crippen LogP contribution in [0.25, 0.3) is 20.4 Å². The van der Waals surface area contributed by atoms with Crippen LogP contribution in [0.4, 0.5) is 9.52 Å². The summed E-state index contributed by atoms with van der Waals surface area (Å²) in [6.07, 6.45) is 0.800. The van der Waals surface area contributed by atoms with Gasteiger partial charge in [-0.1, -0.05) is 23.5 Å². The molecule has 0 saturated carbocycles. The molecule has 0 bridgehead atoms. The molecule has 0 N–H and O–H groups in total. The SMILES string of the molecule is CN(C)CCCN(C(=O)c1nc2ccccc2s1)c1nc2ccc(F)cc2s1.[Cl-]. The molecule has 0 aliphatic heterocycles. The molecule has 0 radical (unpaired) electrons. The summed E-state index contributed by atoms with van der Waals surface area (Å²) in [5.41, 5.74) is 1.51. The lowest BCUT2D eigenvalue weighted by Crippen LogP contribution is -3.00. The number of fused-ring (bicyclic) bond motifs is 2. The van der Waals surface area contributed by atoms with Gasteiger partial charge in [-0.3, -0.25) is 9.69 Å². The number of amides is 1. The fourth-order valence-electron chi connectivity index (χ4n) is 2.91. The number of anilines is 1. The second kappa shape index (κ2) is 9.13. The number of halogens is 2. The Balaban J connectivity index is 0.00000240. The largest absolute Gasteiger partial charge is 1.00 e. The van der Waals surface area contributed by atoms with Crippen molar-refractivity contribution in [3.63, 3.8) is 0 Å². The van der Waals surface area contributed by atoms with E-state index in [0.29, 0.717) is 22.2 Å². The molecule has 4 rings (SSSR count). The molecule has 29 heavy (non-hydrogen) atoms. The minimum atomic E-state index is -0.306. The average Bonchev–Trinajstić information content (AvgIpc) is 3.27. The number of hydrogen-bond donors (Lipinski definition) is 0. The van der Waals surface area contributed by atoms with Gasteiger partial charge >= 0.3 is 0 Å². The van der Waals surface area contributed by atoms with E-state index in [1.807, 2.05) is 38.4 Å². The molecule has 0 unspecified atom stereocenters. The van der Waals surface area contributed by atoms with Gasteiger partial charge in [-0.25, -0.2) is 14.4 Å². The Labute approximate surface area is 182 Å². The molecule has 1 amide bonds. The molecule has 2 aromatic carbocycles. The maximum atomic E-state index is 13.6. The highest BCUT2D eigenvalue weighted by Crippen LogP contribution is 2.31. The van der Waals surface area contributed by atoms with Crippen LogP contribution < -0.4 is 17.3 Å². The van der Waals surface area contributed by atoms with Crippen LogP contribution in [0.1, 0.15) is 16.2 Å². The third-order valence-corrected chi connectivity index (χ3v) is 6.34. The monoisotopic (exact) mass is 449 g/mol. The van der Waals surface area contributed by atoms with E-state index >= 15 is 0 Å². The highest BCUT2D eigenvalue weighted by molar-refractivity contribution is 7.22. The first-order valence-electron chi connectivity index (χ1n) is 8.89. The number of carbonyl (C=O) groups excluding carboxylic acids is 1. The van der Waals surface area contributed by atoms with Gasteiger partial charge < -0.3 is 17.3 Å². The Morgan fingerprint density at radius 2 is 1.76 bits per heavy atom. The van der Waals surface area contributed by atoms with Crippen LogP contribution in [0.5, 0.6) is 0 Å². The van der Waals surface area contributed by atoms with Crippen LogP contribution in [-0.4, -0.2) is 48.0 Å². The Kier molecular flexibility index (Phi) is 6.79. The summed E-state index contributed by atoms with van der Waals surface area (Å²) in [5, 5.41) is 1.01. The summed E-state index contributed by atoms with van der Waals surface area (Å²) in [5.74, 6) is -0.473. The molecule has 4 aromatic rings. The van der Waals surface area contributed by atoms with Crippen molar-refractivity contribution >= 4 is 54.1 Å². The number of aromatic nitrogens is 2. The minimum absolute atomic E-state index is 0. The molecule has 0 spiro atoms. The lowest BCUT2D eigenvalue weighted by atomic mass is 10.3. The first-order chi connectivity index (χ1) is 13.5. The smallest absolute Gasteiger partial charge is 0.289 e. The number of para-hydroxylation sites is 1. The summed E-state index contributed by atoms with van der Waals surface area (Å²) in [4.78, 5) is 26.1. The van der Waals surface area contributed by atoms with Gasteiger partial charge in [0.25, 0.3) is 5.91 Å². The van der Waals surface area contributed by atoms with Crippen LogP contribution in [0, 0.1) is 5.82 Å². The van der Waals surface area contributed by atoms with Gasteiger partial charge in [0.1, 0.15) is 5.82 Å².